The molecule has 0 aliphatic heterocycles. The smallest absolute Gasteiger partial charge is 0.164 e. The number of rotatable bonds is 6. The van der Waals surface area contributed by atoms with Gasteiger partial charge in [-0.2, -0.15) is 0 Å². The maximum atomic E-state index is 5.07. The van der Waals surface area contributed by atoms with Crippen LogP contribution in [0.5, 0.6) is 0 Å². The third-order valence-electron chi connectivity index (χ3n) is 12.5. The predicted molar refractivity (Wildman–Crippen MR) is 259 cm³/mol. The van der Waals surface area contributed by atoms with Crippen molar-refractivity contribution in [3.8, 4) is 51.2 Å². The summed E-state index contributed by atoms with van der Waals surface area (Å²) in [5.74, 6) is 1.90. The van der Waals surface area contributed by atoms with E-state index in [4.69, 9.17) is 15.0 Å². The highest BCUT2D eigenvalue weighted by atomic mass is 15.0. The second-order valence-corrected chi connectivity index (χ2v) is 16.1. The normalized spacial score (nSPS) is 11.8. The number of para-hydroxylation sites is 4. The summed E-state index contributed by atoms with van der Waals surface area (Å²) in [5, 5.41) is 7.27. The Morgan fingerprint density at radius 1 is 0.222 bits per heavy atom. The van der Waals surface area contributed by atoms with Crippen molar-refractivity contribution >= 4 is 65.4 Å². The molecule has 0 aliphatic carbocycles. The first-order chi connectivity index (χ1) is 31.2. The van der Waals surface area contributed by atoms with E-state index in [1.165, 1.54) is 43.4 Å². The summed E-state index contributed by atoms with van der Waals surface area (Å²) >= 11 is 0. The standard InChI is InChI=1S/C57H36N6/c1-3-17-37(18-4-1)55-58-56(38-19-5-2-6-20-38)60-57(59-55)39-21-15-22-40(33-39)62-51-31-13-9-27-45(51)47-36-54-48(35-53(47)62)46-28-10-14-32-52(46)63(54)42-24-16-23-41(34-42)61-49-29-11-7-25-43(49)44-26-8-12-30-50(44)61/h1-36H. The molecule has 0 spiro atoms. The van der Waals surface area contributed by atoms with Crippen LogP contribution in [0, 0.1) is 0 Å². The van der Waals surface area contributed by atoms with E-state index < -0.39 is 0 Å². The van der Waals surface area contributed by atoms with Gasteiger partial charge < -0.3 is 13.7 Å². The minimum atomic E-state index is 0.624. The fourth-order valence-corrected chi connectivity index (χ4v) is 9.68. The lowest BCUT2D eigenvalue weighted by atomic mass is 10.1. The molecule has 4 aromatic heterocycles. The molecule has 9 aromatic carbocycles. The molecular formula is C57H36N6. The Balaban J connectivity index is 1.01. The first kappa shape index (κ1) is 35.2. The molecule has 13 aromatic rings. The maximum absolute atomic E-state index is 5.07. The van der Waals surface area contributed by atoms with Crippen molar-refractivity contribution in [3.63, 3.8) is 0 Å². The Bertz CT molecular complexity index is 3800. The van der Waals surface area contributed by atoms with E-state index in [-0.39, 0.29) is 0 Å². The molecule has 6 heteroatoms. The monoisotopic (exact) mass is 804 g/mol. The highest BCUT2D eigenvalue weighted by Gasteiger charge is 2.20. The molecule has 294 valence electrons. The number of benzene rings is 9. The Labute approximate surface area is 362 Å². The van der Waals surface area contributed by atoms with Gasteiger partial charge in [0.1, 0.15) is 0 Å². The van der Waals surface area contributed by atoms with Gasteiger partial charge in [-0.1, -0.05) is 152 Å². The fourth-order valence-electron chi connectivity index (χ4n) is 9.68. The third kappa shape index (κ3) is 5.55. The Morgan fingerprint density at radius 2 is 0.540 bits per heavy atom. The van der Waals surface area contributed by atoms with Gasteiger partial charge in [0.2, 0.25) is 0 Å². The van der Waals surface area contributed by atoms with Gasteiger partial charge in [-0.15, -0.1) is 0 Å². The summed E-state index contributed by atoms with van der Waals surface area (Å²) < 4.78 is 7.22. The van der Waals surface area contributed by atoms with Crippen LogP contribution in [0.15, 0.2) is 218 Å². The lowest BCUT2D eigenvalue weighted by Gasteiger charge is -2.13. The van der Waals surface area contributed by atoms with Crippen LogP contribution >= 0.6 is 0 Å². The van der Waals surface area contributed by atoms with Crippen LogP contribution in [-0.4, -0.2) is 28.7 Å². The highest BCUT2D eigenvalue weighted by Crippen LogP contribution is 2.41. The molecule has 0 radical (unpaired) electrons. The van der Waals surface area contributed by atoms with Crippen LogP contribution in [0.1, 0.15) is 0 Å². The van der Waals surface area contributed by atoms with Crippen LogP contribution < -0.4 is 0 Å². The zero-order valence-corrected chi connectivity index (χ0v) is 34.0. The summed E-state index contributed by atoms with van der Waals surface area (Å²) in [7, 11) is 0. The minimum absolute atomic E-state index is 0.624. The van der Waals surface area contributed by atoms with Crippen molar-refractivity contribution in [2.75, 3.05) is 0 Å². The Kier molecular flexibility index (Phi) is 7.80. The number of aromatic nitrogens is 6. The Morgan fingerprint density at radius 3 is 0.984 bits per heavy atom. The van der Waals surface area contributed by atoms with Crippen LogP contribution in [-0.2, 0) is 0 Å². The van der Waals surface area contributed by atoms with E-state index in [2.05, 4.69) is 171 Å². The zero-order valence-electron chi connectivity index (χ0n) is 34.0. The van der Waals surface area contributed by atoms with E-state index in [1.54, 1.807) is 0 Å². The maximum Gasteiger partial charge on any atom is 0.164 e. The largest absolute Gasteiger partial charge is 0.309 e. The molecule has 0 bridgehead atoms. The molecule has 0 saturated heterocycles. The van der Waals surface area contributed by atoms with Gasteiger partial charge in [-0.3, -0.25) is 0 Å². The van der Waals surface area contributed by atoms with Crippen molar-refractivity contribution in [1.29, 1.82) is 0 Å². The molecule has 63 heavy (non-hydrogen) atoms. The second-order valence-electron chi connectivity index (χ2n) is 16.1. The molecule has 0 fully saturated rings. The molecule has 0 unspecified atom stereocenters. The molecule has 0 N–H and O–H groups in total. The van der Waals surface area contributed by atoms with Gasteiger partial charge in [-0.25, -0.2) is 15.0 Å². The molecule has 0 saturated carbocycles. The van der Waals surface area contributed by atoms with E-state index in [9.17, 15) is 0 Å². The minimum Gasteiger partial charge on any atom is -0.309 e. The second kappa shape index (κ2) is 14.0. The summed E-state index contributed by atoms with van der Waals surface area (Å²) in [6, 6.07) is 77.5. The first-order valence-corrected chi connectivity index (χ1v) is 21.3. The van der Waals surface area contributed by atoms with Crippen molar-refractivity contribution in [2.45, 2.75) is 0 Å². The van der Waals surface area contributed by atoms with Gasteiger partial charge in [0.15, 0.2) is 17.5 Å². The average Bonchev–Trinajstić information content (AvgIpc) is 3.99. The molecule has 0 atom stereocenters. The van der Waals surface area contributed by atoms with Gasteiger partial charge >= 0.3 is 0 Å². The van der Waals surface area contributed by atoms with Gasteiger partial charge in [0.25, 0.3) is 0 Å². The average molecular weight is 805 g/mol. The quantitative estimate of drug-likeness (QED) is 0.168. The first-order valence-electron chi connectivity index (χ1n) is 21.3. The van der Waals surface area contributed by atoms with Crippen LogP contribution in [0.25, 0.3) is 117 Å². The molecular weight excluding hydrogens is 769 g/mol. The van der Waals surface area contributed by atoms with E-state index in [1.807, 2.05) is 60.7 Å². The zero-order chi connectivity index (χ0) is 41.4. The van der Waals surface area contributed by atoms with E-state index in [0.717, 1.165) is 55.8 Å². The van der Waals surface area contributed by atoms with Crippen molar-refractivity contribution in [2.24, 2.45) is 0 Å². The predicted octanol–water partition coefficient (Wildman–Crippen LogP) is 14.2. The van der Waals surface area contributed by atoms with Crippen LogP contribution in [0.4, 0.5) is 0 Å². The molecule has 0 amide bonds. The highest BCUT2D eigenvalue weighted by molar-refractivity contribution is 6.19. The summed E-state index contributed by atoms with van der Waals surface area (Å²) in [4.78, 5) is 15.1. The SMILES string of the molecule is c1ccc(-c2nc(-c3ccccc3)nc(-c3cccc(-n4c5ccccc5c5cc6c(cc54)c4ccccc4n6-c4cccc(-n5c6ccccc6c6ccccc65)c4)c3)n2)cc1. The number of fused-ring (bicyclic) bond motifs is 9. The molecule has 6 nitrogen and oxygen atoms in total. The number of hydrogen-bond donors (Lipinski definition) is 0. The Hall–Kier alpha value is -8.61. The topological polar surface area (TPSA) is 53.5 Å². The lowest BCUT2D eigenvalue weighted by Crippen LogP contribution is -2.01. The third-order valence-corrected chi connectivity index (χ3v) is 12.5. The summed E-state index contributed by atoms with van der Waals surface area (Å²) in [5.41, 5.74) is 13.0. The number of nitrogens with zero attached hydrogens (tertiary/aromatic N) is 6. The lowest BCUT2D eigenvalue weighted by molar-refractivity contribution is 1.07. The van der Waals surface area contributed by atoms with Crippen LogP contribution in [0.3, 0.4) is 0 Å². The van der Waals surface area contributed by atoms with Crippen molar-refractivity contribution in [1.82, 2.24) is 28.7 Å². The summed E-state index contributed by atoms with van der Waals surface area (Å²) in [6.07, 6.45) is 0. The van der Waals surface area contributed by atoms with Gasteiger partial charge in [-0.05, 0) is 66.7 Å². The van der Waals surface area contributed by atoms with E-state index in [0.29, 0.717) is 17.5 Å². The summed E-state index contributed by atoms with van der Waals surface area (Å²) in [6.45, 7) is 0. The number of hydrogen-bond acceptors (Lipinski definition) is 3. The van der Waals surface area contributed by atoms with Crippen LogP contribution in [0.2, 0.25) is 0 Å². The fraction of sp³-hybridized carbons (Fsp3) is 0. The van der Waals surface area contributed by atoms with Gasteiger partial charge in [0.05, 0.1) is 33.1 Å². The van der Waals surface area contributed by atoms with Crippen molar-refractivity contribution in [3.05, 3.63) is 218 Å². The van der Waals surface area contributed by atoms with E-state index >= 15 is 0 Å². The molecule has 13 rings (SSSR count). The molecule has 0 aliphatic rings. The molecule has 4 heterocycles. The van der Waals surface area contributed by atoms with Gasteiger partial charge in [0, 0.05) is 66.1 Å². The van der Waals surface area contributed by atoms with Crippen molar-refractivity contribution < 1.29 is 0 Å².